The summed E-state index contributed by atoms with van der Waals surface area (Å²) in [4.78, 5) is 13.7. The van der Waals surface area contributed by atoms with Gasteiger partial charge in [0.1, 0.15) is 11.6 Å². The van der Waals surface area contributed by atoms with Gasteiger partial charge in [-0.15, -0.1) is 0 Å². The maximum Gasteiger partial charge on any atom is 0.223 e. The molecule has 1 aromatic heterocycles. The average Bonchev–Trinajstić information content (AvgIpc) is 2.90. The van der Waals surface area contributed by atoms with Gasteiger partial charge in [0, 0.05) is 37.8 Å². The molecule has 21 heavy (non-hydrogen) atoms. The molecular formula is C15H26N6. The fraction of sp³-hybridized carbons (Fsp3) is 0.733. The number of rotatable bonds is 4. The molecule has 3 rings (SSSR count). The van der Waals surface area contributed by atoms with Gasteiger partial charge >= 0.3 is 0 Å². The zero-order chi connectivity index (χ0) is 14.8. The van der Waals surface area contributed by atoms with Gasteiger partial charge in [0.05, 0.1) is 0 Å². The number of nitrogen functional groups attached to an aromatic ring is 1. The van der Waals surface area contributed by atoms with Crippen molar-refractivity contribution in [3.05, 3.63) is 6.07 Å². The molecule has 0 aliphatic carbocycles. The third-order valence-corrected chi connectivity index (χ3v) is 4.52. The highest BCUT2D eigenvalue weighted by molar-refractivity contribution is 5.53. The van der Waals surface area contributed by atoms with Gasteiger partial charge in [0.15, 0.2) is 0 Å². The number of anilines is 3. The fourth-order valence-electron chi connectivity index (χ4n) is 3.45. The van der Waals surface area contributed by atoms with Gasteiger partial charge < -0.3 is 16.0 Å². The third-order valence-electron chi connectivity index (χ3n) is 4.52. The summed E-state index contributed by atoms with van der Waals surface area (Å²) < 4.78 is 0. The number of hydrogen-bond donors (Lipinski definition) is 2. The number of hydrogen-bond acceptors (Lipinski definition) is 6. The first-order chi connectivity index (χ1) is 10.2. The first-order valence-electron chi connectivity index (χ1n) is 8.06. The predicted octanol–water partition coefficient (Wildman–Crippen LogP) is 1.55. The van der Waals surface area contributed by atoms with Crippen LogP contribution < -0.4 is 16.0 Å². The summed E-state index contributed by atoms with van der Waals surface area (Å²) in [7, 11) is 0. The number of nitrogens with two attached hydrogens (primary N) is 1. The number of fused-ring (bicyclic) bond motifs is 1. The number of aromatic nitrogens is 2. The van der Waals surface area contributed by atoms with Gasteiger partial charge in [-0.25, -0.2) is 0 Å². The third kappa shape index (κ3) is 3.05. The molecule has 0 spiro atoms. The van der Waals surface area contributed by atoms with Crippen LogP contribution in [0.5, 0.6) is 0 Å². The minimum Gasteiger partial charge on any atom is -0.370 e. The molecule has 6 nitrogen and oxygen atoms in total. The average molecular weight is 290 g/mol. The molecule has 0 aromatic carbocycles. The molecule has 2 fully saturated rings. The quantitative estimate of drug-likeness (QED) is 0.877. The predicted molar refractivity (Wildman–Crippen MR) is 86.6 cm³/mol. The van der Waals surface area contributed by atoms with Crippen molar-refractivity contribution in [3.8, 4) is 0 Å². The summed E-state index contributed by atoms with van der Waals surface area (Å²) in [6, 6.07) is 3.17. The Hall–Kier alpha value is -1.56. The molecule has 2 aliphatic rings. The van der Waals surface area contributed by atoms with Gasteiger partial charge in [-0.1, -0.05) is 6.92 Å². The number of nitrogens with zero attached hydrogens (tertiary/aromatic N) is 4. The topological polar surface area (TPSA) is 70.3 Å². The summed E-state index contributed by atoms with van der Waals surface area (Å²) in [6.45, 7) is 8.73. The zero-order valence-corrected chi connectivity index (χ0v) is 13.0. The van der Waals surface area contributed by atoms with E-state index in [4.69, 9.17) is 5.73 Å². The van der Waals surface area contributed by atoms with Crippen molar-refractivity contribution < 1.29 is 0 Å². The van der Waals surface area contributed by atoms with E-state index in [2.05, 4.69) is 38.9 Å². The molecule has 0 bridgehead atoms. The summed E-state index contributed by atoms with van der Waals surface area (Å²) in [5.41, 5.74) is 5.89. The SMILES string of the molecule is CCCNc1cc(N2CC3CCCN3CC2C)nc(N)n1. The Morgan fingerprint density at radius 2 is 2.24 bits per heavy atom. The molecule has 3 heterocycles. The second-order valence-corrected chi connectivity index (χ2v) is 6.19. The van der Waals surface area contributed by atoms with E-state index in [1.807, 2.05) is 6.07 Å². The molecule has 116 valence electrons. The van der Waals surface area contributed by atoms with Crippen LogP contribution >= 0.6 is 0 Å². The van der Waals surface area contributed by atoms with Crippen LogP contribution in [0.1, 0.15) is 33.1 Å². The van der Waals surface area contributed by atoms with Crippen LogP contribution in [0.3, 0.4) is 0 Å². The summed E-state index contributed by atoms with van der Waals surface area (Å²) in [6.07, 6.45) is 3.68. The molecule has 2 atom stereocenters. The second kappa shape index (κ2) is 6.05. The monoisotopic (exact) mass is 290 g/mol. The van der Waals surface area contributed by atoms with E-state index in [1.54, 1.807) is 0 Å². The van der Waals surface area contributed by atoms with E-state index in [-0.39, 0.29) is 0 Å². The Balaban J connectivity index is 1.80. The minimum absolute atomic E-state index is 0.354. The molecule has 0 radical (unpaired) electrons. The maximum atomic E-state index is 5.89. The first-order valence-corrected chi connectivity index (χ1v) is 8.06. The molecule has 3 N–H and O–H groups in total. The number of nitrogens with one attached hydrogen (secondary N) is 1. The van der Waals surface area contributed by atoms with Gasteiger partial charge in [-0.2, -0.15) is 9.97 Å². The molecule has 2 unspecified atom stereocenters. The van der Waals surface area contributed by atoms with Crippen molar-refractivity contribution in [1.82, 2.24) is 14.9 Å². The van der Waals surface area contributed by atoms with Crippen LogP contribution in [-0.4, -0.2) is 53.1 Å². The lowest BCUT2D eigenvalue weighted by molar-refractivity contribution is 0.202. The van der Waals surface area contributed by atoms with Gasteiger partial charge in [0.25, 0.3) is 0 Å². The molecular weight excluding hydrogens is 264 g/mol. The second-order valence-electron chi connectivity index (χ2n) is 6.19. The minimum atomic E-state index is 0.354. The first kappa shape index (κ1) is 14.4. The maximum absolute atomic E-state index is 5.89. The van der Waals surface area contributed by atoms with Crippen molar-refractivity contribution >= 4 is 17.6 Å². The lowest BCUT2D eigenvalue weighted by Gasteiger charge is -2.43. The van der Waals surface area contributed by atoms with Crippen LogP contribution in [0.15, 0.2) is 6.07 Å². The molecule has 2 saturated heterocycles. The van der Waals surface area contributed by atoms with Gasteiger partial charge in [0.2, 0.25) is 5.95 Å². The lowest BCUT2D eigenvalue weighted by atomic mass is 10.1. The highest BCUT2D eigenvalue weighted by atomic mass is 15.3. The molecule has 0 amide bonds. The smallest absolute Gasteiger partial charge is 0.223 e. The summed E-state index contributed by atoms with van der Waals surface area (Å²) >= 11 is 0. The van der Waals surface area contributed by atoms with E-state index in [1.165, 1.54) is 19.4 Å². The molecule has 1 aromatic rings. The Kier molecular flexibility index (Phi) is 4.14. The van der Waals surface area contributed by atoms with Crippen LogP contribution in [-0.2, 0) is 0 Å². The van der Waals surface area contributed by atoms with E-state index in [0.717, 1.165) is 37.7 Å². The number of piperazine rings is 1. The standard InChI is InChI=1S/C15H26N6/c1-3-6-17-13-8-14(19-15(16)18-13)21-10-12-5-4-7-20(12)9-11(21)2/h8,11-12H,3-7,9-10H2,1-2H3,(H3,16,17,18,19). The summed E-state index contributed by atoms with van der Waals surface area (Å²) in [5, 5.41) is 3.31. The summed E-state index contributed by atoms with van der Waals surface area (Å²) in [5.74, 6) is 2.15. The zero-order valence-electron chi connectivity index (χ0n) is 13.0. The van der Waals surface area contributed by atoms with Gasteiger partial charge in [-0.3, -0.25) is 4.90 Å². The van der Waals surface area contributed by atoms with E-state index in [9.17, 15) is 0 Å². The van der Waals surface area contributed by atoms with Crippen LogP contribution in [0.25, 0.3) is 0 Å². The Morgan fingerprint density at radius 3 is 3.05 bits per heavy atom. The van der Waals surface area contributed by atoms with Crippen LogP contribution in [0.4, 0.5) is 17.6 Å². The largest absolute Gasteiger partial charge is 0.370 e. The van der Waals surface area contributed by atoms with E-state index < -0.39 is 0 Å². The fourth-order valence-corrected chi connectivity index (χ4v) is 3.45. The lowest BCUT2D eigenvalue weighted by Crippen LogP contribution is -2.55. The van der Waals surface area contributed by atoms with Crippen molar-refractivity contribution in [3.63, 3.8) is 0 Å². The Labute approximate surface area is 126 Å². The molecule has 6 heteroatoms. The van der Waals surface area contributed by atoms with E-state index in [0.29, 0.717) is 18.0 Å². The van der Waals surface area contributed by atoms with E-state index >= 15 is 0 Å². The van der Waals surface area contributed by atoms with Crippen LogP contribution in [0, 0.1) is 0 Å². The highest BCUT2D eigenvalue weighted by Gasteiger charge is 2.35. The van der Waals surface area contributed by atoms with Crippen LogP contribution in [0.2, 0.25) is 0 Å². The normalized spacial score (nSPS) is 25.9. The Bertz CT molecular complexity index is 491. The van der Waals surface area contributed by atoms with Crippen molar-refractivity contribution in [2.75, 3.05) is 42.1 Å². The molecule has 2 aliphatic heterocycles. The molecule has 0 saturated carbocycles. The Morgan fingerprint density at radius 1 is 1.38 bits per heavy atom. The van der Waals surface area contributed by atoms with Crippen molar-refractivity contribution in [2.45, 2.75) is 45.2 Å². The van der Waals surface area contributed by atoms with Crippen molar-refractivity contribution in [2.24, 2.45) is 0 Å². The van der Waals surface area contributed by atoms with Crippen molar-refractivity contribution in [1.29, 1.82) is 0 Å². The highest BCUT2D eigenvalue weighted by Crippen LogP contribution is 2.28. The van der Waals surface area contributed by atoms with Gasteiger partial charge in [-0.05, 0) is 32.7 Å².